The predicted molar refractivity (Wildman–Crippen MR) is 139 cm³/mol. The van der Waals surface area contributed by atoms with E-state index in [1.54, 1.807) is 46.2 Å². The van der Waals surface area contributed by atoms with Crippen LogP contribution in [0.5, 0.6) is 5.75 Å². The molecule has 2 aromatic heterocycles. The standard InChI is InChI=1S/C27H20N4O2S2/c1-18-6-12-22(13-7-18)33-15-25-29-20(16-34-25)17-35-27-30-24-5-3-2-4-23(24)26(32)31(27)21-10-8-19(14-28)9-11-21/h2-13,16H,15,17H2,1H3. The van der Waals surface area contributed by atoms with Crippen LogP contribution >= 0.6 is 23.1 Å². The highest BCUT2D eigenvalue weighted by molar-refractivity contribution is 7.98. The minimum atomic E-state index is -0.145. The summed E-state index contributed by atoms with van der Waals surface area (Å²) in [6.45, 7) is 2.45. The average Bonchev–Trinajstić information content (AvgIpc) is 3.35. The normalized spacial score (nSPS) is 10.9. The van der Waals surface area contributed by atoms with E-state index in [9.17, 15) is 4.79 Å². The lowest BCUT2D eigenvalue weighted by Crippen LogP contribution is -2.21. The summed E-state index contributed by atoms with van der Waals surface area (Å²) in [7, 11) is 0. The van der Waals surface area contributed by atoms with E-state index in [1.165, 1.54) is 17.3 Å². The second-order valence-corrected chi connectivity index (χ2v) is 9.72. The number of aryl methyl sites for hydroxylation is 1. The Kier molecular flexibility index (Phi) is 6.62. The van der Waals surface area contributed by atoms with Gasteiger partial charge in [-0.15, -0.1) is 11.3 Å². The number of aromatic nitrogens is 3. The molecule has 0 saturated carbocycles. The molecular weight excluding hydrogens is 476 g/mol. The Balaban J connectivity index is 1.38. The molecule has 0 bridgehead atoms. The molecule has 2 heterocycles. The first-order valence-corrected chi connectivity index (χ1v) is 12.7. The van der Waals surface area contributed by atoms with E-state index < -0.39 is 0 Å². The Hall–Kier alpha value is -3.93. The molecule has 0 spiro atoms. The van der Waals surface area contributed by atoms with Crippen molar-refractivity contribution in [3.05, 3.63) is 110 Å². The first-order valence-electron chi connectivity index (χ1n) is 10.9. The van der Waals surface area contributed by atoms with Crippen LogP contribution in [0.4, 0.5) is 0 Å². The highest BCUT2D eigenvalue weighted by Gasteiger charge is 2.14. The van der Waals surface area contributed by atoms with Gasteiger partial charge in [-0.1, -0.05) is 41.6 Å². The van der Waals surface area contributed by atoms with Crippen molar-refractivity contribution < 1.29 is 4.74 Å². The topological polar surface area (TPSA) is 80.8 Å². The molecule has 3 aromatic carbocycles. The molecule has 0 N–H and O–H groups in total. The molecular formula is C27H20N4O2S2. The molecule has 0 aliphatic heterocycles. The highest BCUT2D eigenvalue weighted by Crippen LogP contribution is 2.26. The number of hydrogen-bond donors (Lipinski definition) is 0. The number of thioether (sulfide) groups is 1. The zero-order chi connectivity index (χ0) is 24.2. The second kappa shape index (κ2) is 10.1. The van der Waals surface area contributed by atoms with Gasteiger partial charge in [0.15, 0.2) is 5.16 Å². The summed E-state index contributed by atoms with van der Waals surface area (Å²) in [6, 6.07) is 24.3. The third kappa shape index (κ3) is 5.11. The number of nitriles is 1. The Morgan fingerprint density at radius 2 is 1.80 bits per heavy atom. The summed E-state index contributed by atoms with van der Waals surface area (Å²) in [5.74, 6) is 1.37. The van der Waals surface area contributed by atoms with Crippen molar-refractivity contribution in [1.29, 1.82) is 5.26 Å². The van der Waals surface area contributed by atoms with Crippen LogP contribution in [0.3, 0.4) is 0 Å². The van der Waals surface area contributed by atoms with Gasteiger partial charge in [-0.05, 0) is 55.5 Å². The van der Waals surface area contributed by atoms with Gasteiger partial charge in [0.2, 0.25) is 0 Å². The van der Waals surface area contributed by atoms with Crippen LogP contribution in [-0.4, -0.2) is 14.5 Å². The van der Waals surface area contributed by atoms with E-state index in [2.05, 4.69) is 11.1 Å². The Labute approximate surface area is 210 Å². The first-order chi connectivity index (χ1) is 17.1. The summed E-state index contributed by atoms with van der Waals surface area (Å²) in [5.41, 5.74) is 3.79. The van der Waals surface area contributed by atoms with Crippen LogP contribution in [0.25, 0.3) is 16.6 Å². The van der Waals surface area contributed by atoms with Crippen molar-refractivity contribution in [3.8, 4) is 17.5 Å². The van der Waals surface area contributed by atoms with Crippen LogP contribution in [0.15, 0.2) is 88.1 Å². The summed E-state index contributed by atoms with van der Waals surface area (Å²) >= 11 is 3.00. The van der Waals surface area contributed by atoms with Gasteiger partial charge in [-0.2, -0.15) is 5.26 Å². The number of hydrogen-bond acceptors (Lipinski definition) is 7. The van der Waals surface area contributed by atoms with Crippen LogP contribution in [0.2, 0.25) is 0 Å². The Morgan fingerprint density at radius 1 is 1.03 bits per heavy atom. The maximum absolute atomic E-state index is 13.4. The molecule has 8 heteroatoms. The van der Waals surface area contributed by atoms with E-state index in [1.807, 2.05) is 54.8 Å². The second-order valence-electron chi connectivity index (χ2n) is 7.83. The fourth-order valence-electron chi connectivity index (χ4n) is 3.52. The van der Waals surface area contributed by atoms with Gasteiger partial charge in [-0.25, -0.2) is 9.97 Å². The molecule has 0 unspecified atom stereocenters. The fourth-order valence-corrected chi connectivity index (χ4v) is 5.24. The number of ether oxygens (including phenoxy) is 1. The first kappa shape index (κ1) is 22.8. The Bertz CT molecular complexity index is 1580. The van der Waals surface area contributed by atoms with Gasteiger partial charge in [0, 0.05) is 11.1 Å². The van der Waals surface area contributed by atoms with Crippen LogP contribution in [0, 0.1) is 18.3 Å². The van der Waals surface area contributed by atoms with Crippen LogP contribution in [0.1, 0.15) is 21.8 Å². The molecule has 35 heavy (non-hydrogen) atoms. The molecule has 0 atom stereocenters. The van der Waals surface area contributed by atoms with Gasteiger partial charge < -0.3 is 4.74 Å². The quantitative estimate of drug-likeness (QED) is 0.206. The summed E-state index contributed by atoms with van der Waals surface area (Å²) in [4.78, 5) is 22.8. The van der Waals surface area contributed by atoms with Crippen molar-refractivity contribution in [3.63, 3.8) is 0 Å². The smallest absolute Gasteiger partial charge is 0.266 e. The SMILES string of the molecule is Cc1ccc(OCc2nc(CSc3nc4ccccc4c(=O)n3-c3ccc(C#N)cc3)cs2)cc1. The van der Waals surface area contributed by atoms with E-state index in [-0.39, 0.29) is 5.56 Å². The van der Waals surface area contributed by atoms with Crippen molar-refractivity contribution in [2.45, 2.75) is 24.4 Å². The van der Waals surface area contributed by atoms with Gasteiger partial charge in [-0.3, -0.25) is 9.36 Å². The van der Waals surface area contributed by atoms with Crippen molar-refractivity contribution in [2.24, 2.45) is 0 Å². The van der Waals surface area contributed by atoms with Crippen LogP contribution in [-0.2, 0) is 12.4 Å². The average molecular weight is 497 g/mol. The number of benzene rings is 3. The highest BCUT2D eigenvalue weighted by atomic mass is 32.2. The number of para-hydroxylation sites is 1. The molecule has 0 radical (unpaired) electrons. The van der Waals surface area contributed by atoms with Crippen molar-refractivity contribution in [1.82, 2.24) is 14.5 Å². The maximum atomic E-state index is 13.4. The molecule has 5 rings (SSSR count). The maximum Gasteiger partial charge on any atom is 0.266 e. The van der Waals surface area contributed by atoms with Crippen LogP contribution < -0.4 is 10.3 Å². The molecule has 6 nitrogen and oxygen atoms in total. The molecule has 0 aliphatic carbocycles. The number of nitrogens with zero attached hydrogens (tertiary/aromatic N) is 4. The lowest BCUT2D eigenvalue weighted by Gasteiger charge is -2.13. The third-order valence-corrected chi connectivity index (χ3v) is 7.17. The summed E-state index contributed by atoms with van der Waals surface area (Å²) in [6.07, 6.45) is 0. The number of fused-ring (bicyclic) bond motifs is 1. The van der Waals surface area contributed by atoms with Gasteiger partial charge in [0.05, 0.1) is 33.9 Å². The lowest BCUT2D eigenvalue weighted by atomic mass is 10.2. The van der Waals surface area contributed by atoms with Crippen molar-refractivity contribution >= 4 is 34.0 Å². The minimum Gasteiger partial charge on any atom is -0.486 e. The van der Waals surface area contributed by atoms with Crippen molar-refractivity contribution in [2.75, 3.05) is 0 Å². The summed E-state index contributed by atoms with van der Waals surface area (Å²) in [5, 5.41) is 13.1. The summed E-state index contributed by atoms with van der Waals surface area (Å²) < 4.78 is 7.44. The number of rotatable bonds is 7. The largest absolute Gasteiger partial charge is 0.486 e. The molecule has 0 saturated heterocycles. The molecule has 0 aliphatic rings. The molecule has 0 amide bonds. The third-order valence-electron chi connectivity index (χ3n) is 5.33. The Morgan fingerprint density at radius 3 is 2.57 bits per heavy atom. The van der Waals surface area contributed by atoms with Gasteiger partial charge in [0.25, 0.3) is 5.56 Å². The minimum absolute atomic E-state index is 0.145. The van der Waals surface area contributed by atoms with E-state index in [4.69, 9.17) is 15.0 Å². The zero-order valence-corrected chi connectivity index (χ0v) is 20.5. The molecule has 172 valence electrons. The fraction of sp³-hybridized carbons (Fsp3) is 0.111. The van der Waals surface area contributed by atoms with Gasteiger partial charge in [0.1, 0.15) is 17.4 Å². The monoisotopic (exact) mass is 496 g/mol. The predicted octanol–water partition coefficient (Wildman–Crippen LogP) is 5.89. The van der Waals surface area contributed by atoms with E-state index in [0.717, 1.165) is 16.5 Å². The number of thiazole rings is 1. The molecule has 0 fully saturated rings. The van der Waals surface area contributed by atoms with E-state index >= 15 is 0 Å². The van der Waals surface area contributed by atoms with Gasteiger partial charge >= 0.3 is 0 Å². The van der Waals surface area contributed by atoms with E-state index in [0.29, 0.717) is 39.7 Å². The zero-order valence-electron chi connectivity index (χ0n) is 18.8. The molecule has 5 aromatic rings. The lowest BCUT2D eigenvalue weighted by molar-refractivity contribution is 0.305.